The van der Waals surface area contributed by atoms with Gasteiger partial charge in [-0.15, -0.1) is 0 Å². The van der Waals surface area contributed by atoms with E-state index in [0.717, 1.165) is 9.80 Å². The molecule has 16 heteroatoms. The van der Waals surface area contributed by atoms with E-state index in [1.165, 1.54) is 37.5 Å². The quantitative estimate of drug-likeness (QED) is 0.172. The van der Waals surface area contributed by atoms with Crippen molar-refractivity contribution in [3.63, 3.8) is 0 Å². The molecule has 16 nitrogen and oxygen atoms in total. The molecule has 2 bridgehead atoms. The standard InChI is InChI=1S/2C13H22N2O6.C10H16/c2*1-4-20-11(17)6-8-14-13(19)15(10(3)16)9-7-12(18)21-5-2;1-2-9-7-4-5-8(6-7)10(9)3-1/h2*4-9H2,1-3H3,(H,14,19);7-10H,1-6H2. The van der Waals surface area contributed by atoms with Gasteiger partial charge in [-0.25, -0.2) is 9.59 Å². The van der Waals surface area contributed by atoms with E-state index < -0.39 is 47.8 Å². The molecular formula is C36H60N4O12. The molecule has 0 aromatic heterocycles. The summed E-state index contributed by atoms with van der Waals surface area (Å²) in [5, 5.41) is 4.84. The number of urea groups is 2. The van der Waals surface area contributed by atoms with Crippen LogP contribution in [0.3, 0.4) is 0 Å². The van der Waals surface area contributed by atoms with Gasteiger partial charge in [0.05, 0.1) is 52.1 Å². The molecular weight excluding hydrogens is 680 g/mol. The topological polar surface area (TPSA) is 204 Å². The first kappa shape index (κ1) is 45.8. The first-order chi connectivity index (χ1) is 24.8. The number of nitrogens with zero attached hydrogens (tertiary/aromatic N) is 2. The number of hydrogen-bond acceptors (Lipinski definition) is 12. The van der Waals surface area contributed by atoms with Crippen LogP contribution in [0.4, 0.5) is 9.59 Å². The van der Waals surface area contributed by atoms with Crippen molar-refractivity contribution in [3.8, 4) is 0 Å². The van der Waals surface area contributed by atoms with Gasteiger partial charge in [-0.2, -0.15) is 0 Å². The van der Waals surface area contributed by atoms with E-state index in [2.05, 4.69) is 10.6 Å². The van der Waals surface area contributed by atoms with Crippen molar-refractivity contribution >= 4 is 47.8 Å². The van der Waals surface area contributed by atoms with Crippen molar-refractivity contribution in [3.05, 3.63) is 0 Å². The van der Waals surface area contributed by atoms with E-state index in [1.807, 2.05) is 0 Å². The van der Waals surface area contributed by atoms with Gasteiger partial charge in [-0.05, 0) is 83.5 Å². The van der Waals surface area contributed by atoms with Crippen molar-refractivity contribution in [2.75, 3.05) is 52.6 Å². The lowest BCUT2D eigenvalue weighted by Crippen LogP contribution is -2.44. The first-order valence-corrected chi connectivity index (χ1v) is 18.5. The van der Waals surface area contributed by atoms with Gasteiger partial charge in [0.1, 0.15) is 0 Å². The molecule has 3 aliphatic carbocycles. The second-order valence-electron chi connectivity index (χ2n) is 12.6. The maximum absolute atomic E-state index is 11.8. The SMILES string of the molecule is C1CC2C3CCC(C3)C2C1.CCOC(=O)CCNC(=O)N(CCC(=O)OCC)C(C)=O.CCOC(=O)CCNC(=O)N(CCC(=O)OCC)C(C)=O. The van der Waals surface area contributed by atoms with E-state index in [9.17, 15) is 38.4 Å². The Balaban J connectivity index is 0.000000410. The van der Waals surface area contributed by atoms with Crippen LogP contribution in [0.2, 0.25) is 0 Å². The summed E-state index contributed by atoms with van der Waals surface area (Å²) < 4.78 is 18.9. The number of amides is 6. The van der Waals surface area contributed by atoms with Gasteiger partial charge in [0, 0.05) is 40.0 Å². The predicted octanol–water partition coefficient (Wildman–Crippen LogP) is 3.73. The smallest absolute Gasteiger partial charge is 0.324 e. The van der Waals surface area contributed by atoms with Gasteiger partial charge in [0.15, 0.2) is 0 Å². The molecule has 0 aliphatic heterocycles. The molecule has 6 amide bonds. The summed E-state index contributed by atoms with van der Waals surface area (Å²) in [7, 11) is 0. The zero-order valence-electron chi connectivity index (χ0n) is 31.8. The lowest BCUT2D eigenvalue weighted by Gasteiger charge is -2.23. The van der Waals surface area contributed by atoms with Gasteiger partial charge < -0.3 is 29.6 Å². The summed E-state index contributed by atoms with van der Waals surface area (Å²) in [5.41, 5.74) is 0. The van der Waals surface area contributed by atoms with Crippen LogP contribution < -0.4 is 10.6 Å². The van der Waals surface area contributed by atoms with E-state index >= 15 is 0 Å². The summed E-state index contributed by atoms with van der Waals surface area (Å²) >= 11 is 0. The Morgan fingerprint density at radius 2 is 0.846 bits per heavy atom. The molecule has 0 radical (unpaired) electrons. The molecule has 296 valence electrons. The maximum Gasteiger partial charge on any atom is 0.324 e. The van der Waals surface area contributed by atoms with Crippen LogP contribution in [-0.2, 0) is 47.7 Å². The molecule has 3 saturated carbocycles. The molecule has 4 unspecified atom stereocenters. The lowest BCUT2D eigenvalue weighted by molar-refractivity contribution is -0.144. The third-order valence-electron chi connectivity index (χ3n) is 9.11. The number of hydrogen-bond donors (Lipinski definition) is 2. The fourth-order valence-electron chi connectivity index (χ4n) is 6.90. The molecule has 52 heavy (non-hydrogen) atoms. The molecule has 3 aliphatic rings. The van der Waals surface area contributed by atoms with E-state index in [0.29, 0.717) is 0 Å². The predicted molar refractivity (Wildman–Crippen MR) is 188 cm³/mol. The van der Waals surface area contributed by atoms with Gasteiger partial charge in [-0.1, -0.05) is 6.42 Å². The van der Waals surface area contributed by atoms with Crippen LogP contribution in [0.1, 0.15) is 106 Å². The monoisotopic (exact) mass is 740 g/mol. The molecule has 4 atom stereocenters. The van der Waals surface area contributed by atoms with Crippen molar-refractivity contribution < 1.29 is 57.3 Å². The van der Waals surface area contributed by atoms with Crippen LogP contribution in [0.15, 0.2) is 0 Å². The number of carbonyl (C=O) groups excluding carboxylic acids is 8. The summed E-state index contributed by atoms with van der Waals surface area (Å²) in [4.78, 5) is 92.7. The second-order valence-corrected chi connectivity index (χ2v) is 12.6. The zero-order chi connectivity index (χ0) is 39.1. The minimum absolute atomic E-state index is 0.0171. The molecule has 0 aromatic carbocycles. The second kappa shape index (κ2) is 25.7. The zero-order valence-corrected chi connectivity index (χ0v) is 31.8. The minimum atomic E-state index is -0.656. The Morgan fingerprint density at radius 3 is 1.15 bits per heavy atom. The average molecular weight is 741 g/mol. The summed E-state index contributed by atoms with van der Waals surface area (Å²) in [5.74, 6) is 1.98. The Morgan fingerprint density at radius 1 is 0.519 bits per heavy atom. The molecule has 2 N–H and O–H groups in total. The molecule has 0 spiro atoms. The van der Waals surface area contributed by atoms with Crippen molar-refractivity contribution in [2.24, 2.45) is 23.7 Å². The van der Waals surface area contributed by atoms with Gasteiger partial charge in [-0.3, -0.25) is 38.6 Å². The number of ether oxygens (including phenoxy) is 4. The molecule has 3 fully saturated rings. The van der Waals surface area contributed by atoms with Gasteiger partial charge in [0.25, 0.3) is 0 Å². The van der Waals surface area contributed by atoms with Crippen molar-refractivity contribution in [2.45, 2.75) is 106 Å². The average Bonchev–Trinajstić information content (AvgIpc) is 3.83. The largest absolute Gasteiger partial charge is 0.466 e. The Kier molecular flexibility index (Phi) is 22.6. The Bertz CT molecular complexity index is 1110. The van der Waals surface area contributed by atoms with Crippen LogP contribution >= 0.6 is 0 Å². The number of rotatable bonds is 16. The highest BCUT2D eigenvalue weighted by Gasteiger charge is 2.48. The van der Waals surface area contributed by atoms with E-state index in [-0.39, 0.29) is 78.3 Å². The highest BCUT2D eigenvalue weighted by molar-refractivity contribution is 5.94. The fourth-order valence-corrected chi connectivity index (χ4v) is 6.90. The summed E-state index contributed by atoms with van der Waals surface area (Å²) in [6.07, 6.45) is 9.43. The van der Waals surface area contributed by atoms with Crippen molar-refractivity contribution in [1.29, 1.82) is 0 Å². The van der Waals surface area contributed by atoms with Crippen LogP contribution in [0.25, 0.3) is 0 Å². The van der Waals surface area contributed by atoms with Gasteiger partial charge in [0.2, 0.25) is 11.8 Å². The van der Waals surface area contributed by atoms with E-state index in [4.69, 9.17) is 18.9 Å². The first-order valence-electron chi connectivity index (χ1n) is 18.5. The maximum atomic E-state index is 11.8. The molecule has 0 heterocycles. The molecule has 3 rings (SSSR count). The summed E-state index contributed by atoms with van der Waals surface area (Å²) in [6.45, 7) is 10.1. The van der Waals surface area contributed by atoms with Crippen molar-refractivity contribution in [1.82, 2.24) is 20.4 Å². The van der Waals surface area contributed by atoms with Crippen LogP contribution in [0, 0.1) is 23.7 Å². The Labute approximate surface area is 307 Å². The number of imide groups is 2. The number of nitrogens with one attached hydrogen (secondary N) is 2. The number of carbonyl (C=O) groups is 8. The molecule has 0 saturated heterocycles. The minimum Gasteiger partial charge on any atom is -0.466 e. The number of esters is 4. The Hall–Kier alpha value is -4.24. The third kappa shape index (κ3) is 17.3. The van der Waals surface area contributed by atoms with Gasteiger partial charge >= 0.3 is 35.9 Å². The van der Waals surface area contributed by atoms with Crippen LogP contribution in [0.5, 0.6) is 0 Å². The van der Waals surface area contributed by atoms with Crippen LogP contribution in [-0.4, -0.2) is 110 Å². The lowest BCUT2D eigenvalue weighted by atomic mass is 9.82. The highest BCUT2D eigenvalue weighted by Crippen LogP contribution is 2.58. The highest BCUT2D eigenvalue weighted by atomic mass is 16.5. The normalized spacial score (nSPS) is 18.9. The summed E-state index contributed by atoms with van der Waals surface area (Å²) in [6, 6.07) is -1.31. The number of fused-ring (bicyclic) bond motifs is 5. The fraction of sp³-hybridized carbons (Fsp3) is 0.778. The third-order valence-corrected chi connectivity index (χ3v) is 9.11. The molecule has 0 aromatic rings. The van der Waals surface area contributed by atoms with E-state index in [1.54, 1.807) is 66.2 Å².